The molecular formula is C15H17N. The van der Waals surface area contributed by atoms with Crippen LogP contribution in [0.3, 0.4) is 0 Å². The second kappa shape index (κ2) is 11.0. The number of nitriles is 1. The minimum atomic E-state index is 1.14. The fraction of sp³-hybridized carbons (Fsp3) is 0.133. The first-order chi connectivity index (χ1) is 7.85. The third-order valence-electron chi connectivity index (χ3n) is 1.70. The summed E-state index contributed by atoms with van der Waals surface area (Å²) in [6.07, 6.45) is 11.0. The third kappa shape index (κ3) is 8.52. The predicted octanol–water partition coefficient (Wildman–Crippen LogP) is 4.36. The van der Waals surface area contributed by atoms with Gasteiger partial charge in [-0.25, -0.2) is 0 Å². The summed E-state index contributed by atoms with van der Waals surface area (Å²) in [5.74, 6) is 0. The van der Waals surface area contributed by atoms with Crippen LogP contribution in [0.15, 0.2) is 60.7 Å². The molecular weight excluding hydrogens is 194 g/mol. The van der Waals surface area contributed by atoms with Crippen molar-refractivity contribution in [2.45, 2.75) is 13.8 Å². The molecule has 82 valence electrons. The van der Waals surface area contributed by atoms with E-state index >= 15 is 0 Å². The molecule has 0 heterocycles. The van der Waals surface area contributed by atoms with Crippen LogP contribution >= 0.6 is 0 Å². The maximum atomic E-state index is 8.19. The molecule has 0 amide bonds. The molecule has 0 fully saturated rings. The second-order valence-corrected chi connectivity index (χ2v) is 2.92. The molecule has 0 aliphatic heterocycles. The Bertz CT molecular complexity index is 374. The van der Waals surface area contributed by atoms with Gasteiger partial charge in [-0.15, -0.1) is 0 Å². The minimum absolute atomic E-state index is 1.14. The van der Waals surface area contributed by atoms with Crippen molar-refractivity contribution in [1.82, 2.24) is 0 Å². The molecule has 0 saturated carbocycles. The smallest absolute Gasteiger partial charge is 0.0912 e. The number of rotatable bonds is 2. The molecule has 16 heavy (non-hydrogen) atoms. The highest BCUT2D eigenvalue weighted by molar-refractivity contribution is 5.50. The Hall–Kier alpha value is -2.07. The lowest BCUT2D eigenvalue weighted by molar-refractivity contribution is 1.53. The number of hydrogen-bond acceptors (Lipinski definition) is 1. The predicted molar refractivity (Wildman–Crippen MR) is 70.7 cm³/mol. The number of nitrogens with zero attached hydrogens (tertiary/aromatic N) is 1. The van der Waals surface area contributed by atoms with Gasteiger partial charge in [0.15, 0.2) is 0 Å². The molecule has 1 aromatic carbocycles. The summed E-state index contributed by atoms with van der Waals surface area (Å²) in [5.41, 5.74) is 1.14. The first-order valence-corrected chi connectivity index (χ1v) is 5.20. The summed E-state index contributed by atoms with van der Waals surface area (Å²) in [4.78, 5) is 0. The number of allylic oxidation sites excluding steroid dienone is 5. The van der Waals surface area contributed by atoms with Crippen LogP contribution in [0.1, 0.15) is 19.4 Å². The first-order valence-electron chi connectivity index (χ1n) is 5.20. The second-order valence-electron chi connectivity index (χ2n) is 2.92. The van der Waals surface area contributed by atoms with Crippen molar-refractivity contribution < 1.29 is 0 Å². The van der Waals surface area contributed by atoms with Crippen LogP contribution in [0.25, 0.3) is 6.08 Å². The fourth-order valence-corrected chi connectivity index (χ4v) is 0.829. The van der Waals surface area contributed by atoms with E-state index in [2.05, 4.69) is 0 Å². The van der Waals surface area contributed by atoms with E-state index in [0.717, 1.165) is 5.56 Å². The molecule has 0 unspecified atom stereocenters. The summed E-state index contributed by atoms with van der Waals surface area (Å²) in [6, 6.07) is 11.9. The normalized spacial score (nSPS) is 10.3. The molecule has 0 N–H and O–H groups in total. The van der Waals surface area contributed by atoms with Gasteiger partial charge in [0.05, 0.1) is 6.07 Å². The Balaban J connectivity index is 0.000000487. The molecule has 0 radical (unpaired) electrons. The van der Waals surface area contributed by atoms with Crippen molar-refractivity contribution in [3.63, 3.8) is 0 Å². The van der Waals surface area contributed by atoms with Crippen molar-refractivity contribution in [2.75, 3.05) is 0 Å². The third-order valence-corrected chi connectivity index (χ3v) is 1.70. The highest BCUT2D eigenvalue weighted by Gasteiger charge is 1.78. The van der Waals surface area contributed by atoms with E-state index in [-0.39, 0.29) is 0 Å². The van der Waals surface area contributed by atoms with E-state index in [0.29, 0.717) is 0 Å². The van der Waals surface area contributed by atoms with Gasteiger partial charge in [-0.1, -0.05) is 60.7 Å². The largest absolute Gasteiger partial charge is 0.193 e. The fourth-order valence-electron chi connectivity index (χ4n) is 0.829. The summed E-state index contributed by atoms with van der Waals surface area (Å²) in [5, 5.41) is 8.19. The summed E-state index contributed by atoms with van der Waals surface area (Å²) < 4.78 is 0. The number of benzene rings is 1. The van der Waals surface area contributed by atoms with Gasteiger partial charge in [0.25, 0.3) is 0 Å². The molecule has 0 aliphatic rings. The van der Waals surface area contributed by atoms with E-state index in [1.165, 1.54) is 6.08 Å². The molecule has 0 spiro atoms. The Kier molecular flexibility index (Phi) is 9.58. The van der Waals surface area contributed by atoms with Crippen molar-refractivity contribution >= 4 is 6.08 Å². The maximum absolute atomic E-state index is 8.19. The molecule has 1 aromatic rings. The van der Waals surface area contributed by atoms with Crippen LogP contribution < -0.4 is 0 Å². The van der Waals surface area contributed by atoms with Gasteiger partial charge in [-0.3, -0.25) is 0 Å². The van der Waals surface area contributed by atoms with Crippen LogP contribution in [0.2, 0.25) is 0 Å². The van der Waals surface area contributed by atoms with E-state index in [9.17, 15) is 0 Å². The zero-order valence-corrected chi connectivity index (χ0v) is 9.80. The van der Waals surface area contributed by atoms with E-state index in [4.69, 9.17) is 5.26 Å². The van der Waals surface area contributed by atoms with Gasteiger partial charge in [0.1, 0.15) is 0 Å². The quantitative estimate of drug-likeness (QED) is 0.405. The lowest BCUT2D eigenvalue weighted by atomic mass is 10.2. The van der Waals surface area contributed by atoms with Crippen LogP contribution in [-0.2, 0) is 0 Å². The summed E-state index contributed by atoms with van der Waals surface area (Å²) in [6.45, 7) is 4.00. The summed E-state index contributed by atoms with van der Waals surface area (Å²) >= 11 is 0. The van der Waals surface area contributed by atoms with Crippen LogP contribution in [-0.4, -0.2) is 0 Å². The topological polar surface area (TPSA) is 23.8 Å². The van der Waals surface area contributed by atoms with Gasteiger partial charge < -0.3 is 0 Å². The van der Waals surface area contributed by atoms with E-state index < -0.39 is 0 Å². The van der Waals surface area contributed by atoms with Gasteiger partial charge in [-0.2, -0.15) is 5.26 Å². The van der Waals surface area contributed by atoms with Gasteiger partial charge in [-0.05, 0) is 19.4 Å². The Morgan fingerprint density at radius 3 is 2.12 bits per heavy atom. The SMILES string of the molecule is CC=CC.N#CC=CC=Cc1ccccc1. The van der Waals surface area contributed by atoms with Crippen LogP contribution in [0, 0.1) is 11.3 Å². The highest BCUT2D eigenvalue weighted by atomic mass is 14.2. The monoisotopic (exact) mass is 211 g/mol. The molecule has 1 nitrogen and oxygen atoms in total. The molecule has 0 bridgehead atoms. The first kappa shape index (κ1) is 13.9. The Labute approximate surface area is 98.0 Å². The van der Waals surface area contributed by atoms with E-state index in [1.807, 2.05) is 74.6 Å². The summed E-state index contributed by atoms with van der Waals surface area (Å²) in [7, 11) is 0. The molecule has 0 aromatic heterocycles. The molecule has 0 aliphatic carbocycles. The minimum Gasteiger partial charge on any atom is -0.193 e. The Morgan fingerprint density at radius 2 is 1.62 bits per heavy atom. The van der Waals surface area contributed by atoms with Gasteiger partial charge in [0, 0.05) is 6.08 Å². The molecule has 1 heteroatoms. The average molecular weight is 211 g/mol. The number of hydrogen-bond donors (Lipinski definition) is 0. The molecule has 0 saturated heterocycles. The van der Waals surface area contributed by atoms with Gasteiger partial charge >= 0.3 is 0 Å². The van der Waals surface area contributed by atoms with Crippen molar-refractivity contribution in [3.05, 3.63) is 66.3 Å². The molecule has 1 rings (SSSR count). The lowest BCUT2D eigenvalue weighted by Crippen LogP contribution is -1.66. The zero-order valence-electron chi connectivity index (χ0n) is 9.80. The van der Waals surface area contributed by atoms with Crippen LogP contribution in [0.4, 0.5) is 0 Å². The standard InChI is InChI=1S/C11H9N.C4H8/c12-10-6-2-5-9-11-7-3-1-4-8-11;1-3-4-2/h1-9H;3-4H,1-2H3. The maximum Gasteiger partial charge on any atom is 0.0912 e. The molecule has 0 atom stereocenters. The lowest BCUT2D eigenvalue weighted by Gasteiger charge is -1.87. The van der Waals surface area contributed by atoms with E-state index in [1.54, 1.807) is 6.08 Å². The average Bonchev–Trinajstić information content (AvgIpc) is 2.36. The van der Waals surface area contributed by atoms with Crippen molar-refractivity contribution in [1.29, 1.82) is 5.26 Å². The Morgan fingerprint density at radius 1 is 1.00 bits per heavy atom. The van der Waals surface area contributed by atoms with Crippen LogP contribution in [0.5, 0.6) is 0 Å². The van der Waals surface area contributed by atoms with Crippen molar-refractivity contribution in [3.8, 4) is 6.07 Å². The highest BCUT2D eigenvalue weighted by Crippen LogP contribution is 2.00. The zero-order chi connectivity index (χ0) is 12.1. The van der Waals surface area contributed by atoms with Gasteiger partial charge in [0.2, 0.25) is 0 Å². The van der Waals surface area contributed by atoms with Crippen molar-refractivity contribution in [2.24, 2.45) is 0 Å².